The Balaban J connectivity index is 2.43. The molecule has 0 bridgehead atoms. The Kier molecular flexibility index (Phi) is 4.69. The van der Waals surface area contributed by atoms with Gasteiger partial charge in [-0.1, -0.05) is 6.07 Å². The molecule has 0 atom stereocenters. The smallest absolute Gasteiger partial charge is 0.266 e. The number of pyridine rings is 1. The van der Waals surface area contributed by atoms with E-state index in [-0.39, 0.29) is 16.5 Å². The topological polar surface area (TPSA) is 77.5 Å². The SMILES string of the molecule is COc1ccc(OC)c(S(=O)(=O)Nc2cccc(Br)n2)c1. The van der Waals surface area contributed by atoms with Crippen molar-refractivity contribution < 1.29 is 17.9 Å². The van der Waals surface area contributed by atoms with E-state index >= 15 is 0 Å². The van der Waals surface area contributed by atoms with Crippen molar-refractivity contribution in [3.63, 3.8) is 0 Å². The average molecular weight is 373 g/mol. The van der Waals surface area contributed by atoms with Gasteiger partial charge in [-0.3, -0.25) is 4.72 Å². The second-order valence-corrected chi connectivity index (χ2v) is 6.43. The van der Waals surface area contributed by atoms with Crippen LogP contribution in [0.25, 0.3) is 0 Å². The third-order valence-electron chi connectivity index (χ3n) is 2.61. The van der Waals surface area contributed by atoms with E-state index in [0.29, 0.717) is 10.4 Å². The molecular formula is C13H13BrN2O4S. The van der Waals surface area contributed by atoms with Gasteiger partial charge in [-0.15, -0.1) is 0 Å². The van der Waals surface area contributed by atoms with Crippen LogP contribution in [0.4, 0.5) is 5.82 Å². The maximum Gasteiger partial charge on any atom is 0.266 e. The van der Waals surface area contributed by atoms with Gasteiger partial charge in [-0.25, -0.2) is 13.4 Å². The highest BCUT2D eigenvalue weighted by Gasteiger charge is 2.21. The molecule has 0 aliphatic heterocycles. The molecule has 2 aromatic rings. The van der Waals surface area contributed by atoms with E-state index in [4.69, 9.17) is 9.47 Å². The number of rotatable bonds is 5. The molecule has 0 fully saturated rings. The first kappa shape index (κ1) is 15.6. The zero-order valence-electron chi connectivity index (χ0n) is 11.3. The highest BCUT2D eigenvalue weighted by Crippen LogP contribution is 2.29. The average Bonchev–Trinajstić information content (AvgIpc) is 2.46. The Labute approximate surface area is 131 Å². The summed E-state index contributed by atoms with van der Waals surface area (Å²) < 4.78 is 38.0. The first-order valence-corrected chi connectivity index (χ1v) is 8.11. The molecule has 0 aliphatic rings. The van der Waals surface area contributed by atoms with Crippen LogP contribution < -0.4 is 14.2 Å². The van der Waals surface area contributed by atoms with Gasteiger partial charge in [-0.2, -0.15) is 0 Å². The van der Waals surface area contributed by atoms with Crippen LogP contribution in [0.5, 0.6) is 11.5 Å². The van der Waals surface area contributed by atoms with Crippen LogP contribution in [0.1, 0.15) is 0 Å². The molecule has 1 N–H and O–H groups in total. The summed E-state index contributed by atoms with van der Waals surface area (Å²) in [5.74, 6) is 0.839. The number of nitrogens with one attached hydrogen (secondary N) is 1. The molecule has 2 rings (SSSR count). The predicted octanol–water partition coefficient (Wildman–Crippen LogP) is 2.66. The number of hydrogen-bond acceptors (Lipinski definition) is 5. The normalized spacial score (nSPS) is 11.0. The van der Waals surface area contributed by atoms with Gasteiger partial charge in [0.25, 0.3) is 10.0 Å². The van der Waals surface area contributed by atoms with Crippen molar-refractivity contribution in [2.24, 2.45) is 0 Å². The van der Waals surface area contributed by atoms with Crippen LogP contribution in [-0.2, 0) is 10.0 Å². The molecule has 0 saturated heterocycles. The quantitative estimate of drug-likeness (QED) is 0.816. The van der Waals surface area contributed by atoms with Gasteiger partial charge in [-0.05, 0) is 40.2 Å². The molecule has 0 unspecified atom stereocenters. The number of nitrogens with zero attached hydrogens (tertiary/aromatic N) is 1. The van der Waals surface area contributed by atoms with E-state index in [1.807, 2.05) is 0 Å². The molecule has 0 amide bonds. The molecule has 0 spiro atoms. The molecule has 21 heavy (non-hydrogen) atoms. The first-order valence-electron chi connectivity index (χ1n) is 5.83. The summed E-state index contributed by atoms with van der Waals surface area (Å²) in [7, 11) is -0.983. The van der Waals surface area contributed by atoms with Crippen molar-refractivity contribution in [1.29, 1.82) is 0 Å². The van der Waals surface area contributed by atoms with E-state index in [1.165, 1.54) is 26.4 Å². The zero-order valence-corrected chi connectivity index (χ0v) is 13.7. The molecule has 1 aromatic heterocycles. The van der Waals surface area contributed by atoms with Gasteiger partial charge >= 0.3 is 0 Å². The van der Waals surface area contributed by atoms with Crippen molar-refractivity contribution in [2.75, 3.05) is 18.9 Å². The third-order valence-corrected chi connectivity index (χ3v) is 4.43. The standard InChI is InChI=1S/C13H13BrN2O4S/c1-19-9-6-7-10(20-2)11(8-9)21(17,18)16-13-5-3-4-12(14)15-13/h3-8H,1-2H3,(H,15,16). The van der Waals surface area contributed by atoms with E-state index in [9.17, 15) is 8.42 Å². The fraction of sp³-hybridized carbons (Fsp3) is 0.154. The highest BCUT2D eigenvalue weighted by molar-refractivity contribution is 9.10. The minimum atomic E-state index is -3.84. The molecular weight excluding hydrogens is 360 g/mol. The van der Waals surface area contributed by atoms with E-state index in [2.05, 4.69) is 25.6 Å². The van der Waals surface area contributed by atoms with Crippen molar-refractivity contribution in [3.8, 4) is 11.5 Å². The van der Waals surface area contributed by atoms with Crippen molar-refractivity contribution in [3.05, 3.63) is 41.0 Å². The number of aromatic nitrogens is 1. The monoisotopic (exact) mass is 372 g/mol. The Morgan fingerprint density at radius 2 is 1.90 bits per heavy atom. The largest absolute Gasteiger partial charge is 0.497 e. The van der Waals surface area contributed by atoms with Crippen LogP contribution in [-0.4, -0.2) is 27.6 Å². The van der Waals surface area contributed by atoms with Crippen LogP contribution in [0.3, 0.4) is 0 Å². The Morgan fingerprint density at radius 3 is 2.52 bits per heavy atom. The van der Waals surface area contributed by atoms with Crippen molar-refractivity contribution in [1.82, 2.24) is 4.98 Å². The summed E-state index contributed by atoms with van der Waals surface area (Å²) in [6.07, 6.45) is 0. The minimum Gasteiger partial charge on any atom is -0.497 e. The molecule has 1 aromatic carbocycles. The van der Waals surface area contributed by atoms with Crippen molar-refractivity contribution in [2.45, 2.75) is 4.90 Å². The summed E-state index contributed by atoms with van der Waals surface area (Å²) in [5, 5.41) is 0. The van der Waals surface area contributed by atoms with Crippen LogP contribution in [0.2, 0.25) is 0 Å². The Morgan fingerprint density at radius 1 is 1.14 bits per heavy atom. The molecule has 0 saturated carbocycles. The minimum absolute atomic E-state index is 0.0221. The lowest BCUT2D eigenvalue weighted by atomic mass is 10.3. The number of methoxy groups -OCH3 is 2. The van der Waals surface area contributed by atoms with E-state index in [1.54, 1.807) is 24.3 Å². The van der Waals surface area contributed by atoms with Crippen molar-refractivity contribution >= 4 is 31.8 Å². The fourth-order valence-corrected chi connectivity index (χ4v) is 3.18. The second kappa shape index (κ2) is 6.31. The first-order chi connectivity index (χ1) is 9.96. The van der Waals surface area contributed by atoms with Gasteiger partial charge in [0.2, 0.25) is 0 Å². The lowest BCUT2D eigenvalue weighted by Gasteiger charge is -2.12. The summed E-state index contributed by atoms with van der Waals surface area (Å²) >= 11 is 3.19. The highest BCUT2D eigenvalue weighted by atomic mass is 79.9. The number of ether oxygens (including phenoxy) is 2. The van der Waals surface area contributed by atoms with Crippen LogP contribution in [0.15, 0.2) is 45.9 Å². The summed E-state index contributed by atoms with van der Waals surface area (Å²) in [5.41, 5.74) is 0. The van der Waals surface area contributed by atoms with Crippen LogP contribution >= 0.6 is 15.9 Å². The van der Waals surface area contributed by atoms with Gasteiger partial charge in [0.15, 0.2) is 0 Å². The molecule has 6 nitrogen and oxygen atoms in total. The lowest BCUT2D eigenvalue weighted by molar-refractivity contribution is 0.392. The maximum atomic E-state index is 12.5. The number of anilines is 1. The maximum absolute atomic E-state index is 12.5. The Hall–Kier alpha value is -1.80. The second-order valence-electron chi connectivity index (χ2n) is 3.97. The summed E-state index contributed by atoms with van der Waals surface area (Å²) in [6.45, 7) is 0. The lowest BCUT2D eigenvalue weighted by Crippen LogP contribution is -2.15. The van der Waals surface area contributed by atoms with Gasteiger partial charge < -0.3 is 9.47 Å². The van der Waals surface area contributed by atoms with Crippen LogP contribution in [0, 0.1) is 0 Å². The summed E-state index contributed by atoms with van der Waals surface area (Å²) in [4.78, 5) is 4.01. The molecule has 0 radical (unpaired) electrons. The molecule has 0 aliphatic carbocycles. The van der Waals surface area contributed by atoms with Gasteiger partial charge in [0, 0.05) is 6.07 Å². The summed E-state index contributed by atoms with van der Waals surface area (Å²) in [6, 6.07) is 9.47. The molecule has 112 valence electrons. The van der Waals surface area contributed by atoms with Gasteiger partial charge in [0.05, 0.1) is 14.2 Å². The number of halogens is 1. The number of hydrogen-bond donors (Lipinski definition) is 1. The van der Waals surface area contributed by atoms with Gasteiger partial charge in [0.1, 0.15) is 26.8 Å². The van der Waals surface area contributed by atoms with E-state index < -0.39 is 10.0 Å². The number of benzene rings is 1. The number of sulfonamides is 1. The molecule has 1 heterocycles. The molecule has 8 heteroatoms. The third kappa shape index (κ3) is 3.64. The predicted molar refractivity (Wildman–Crippen MR) is 82.3 cm³/mol. The fourth-order valence-electron chi connectivity index (χ4n) is 1.65. The Bertz CT molecular complexity index is 750. The zero-order chi connectivity index (χ0) is 15.5. The van der Waals surface area contributed by atoms with E-state index in [0.717, 1.165) is 0 Å².